The monoisotopic (exact) mass is 280 g/mol. The highest BCUT2D eigenvalue weighted by Gasteiger charge is 2.08. The van der Waals surface area contributed by atoms with Crippen molar-refractivity contribution < 1.29 is 4.42 Å². The number of aromatic nitrogens is 2. The Hall–Kier alpha value is -1.11. The van der Waals surface area contributed by atoms with Gasteiger partial charge in [-0.15, -0.1) is 22.7 Å². The third-order valence-corrected chi connectivity index (χ3v) is 4.89. The molecular weight excluding hydrogens is 272 g/mol. The van der Waals surface area contributed by atoms with E-state index in [1.165, 1.54) is 0 Å². The molecule has 0 unspecified atom stereocenters. The maximum atomic E-state index is 5.45. The van der Waals surface area contributed by atoms with Crippen LogP contribution >= 0.6 is 34.4 Å². The van der Waals surface area contributed by atoms with Crippen LogP contribution in [0.25, 0.3) is 10.8 Å². The molecule has 0 saturated heterocycles. The lowest BCUT2D eigenvalue weighted by molar-refractivity contribution is 0.575. The zero-order valence-corrected chi connectivity index (χ0v) is 11.1. The number of thiazole rings is 1. The van der Waals surface area contributed by atoms with Gasteiger partial charge in [0, 0.05) is 17.3 Å². The second-order valence-corrected chi connectivity index (χ2v) is 6.27. The molecule has 0 bridgehead atoms. The van der Waals surface area contributed by atoms with Crippen LogP contribution < -0.4 is 0 Å². The summed E-state index contributed by atoms with van der Waals surface area (Å²) in [6.07, 6.45) is 3.53. The van der Waals surface area contributed by atoms with Gasteiger partial charge in [-0.3, -0.25) is 0 Å². The van der Waals surface area contributed by atoms with Crippen molar-refractivity contribution in [1.82, 2.24) is 9.97 Å². The normalized spacial score (nSPS) is 10.8. The highest BCUT2D eigenvalue weighted by molar-refractivity contribution is 8.00. The van der Waals surface area contributed by atoms with Crippen molar-refractivity contribution in [3.8, 4) is 10.8 Å². The van der Waals surface area contributed by atoms with Gasteiger partial charge in [-0.2, -0.15) is 0 Å². The van der Waals surface area contributed by atoms with Crippen molar-refractivity contribution in [1.29, 1.82) is 0 Å². The van der Waals surface area contributed by atoms with Gasteiger partial charge in [-0.1, -0.05) is 17.8 Å². The van der Waals surface area contributed by atoms with Gasteiger partial charge >= 0.3 is 0 Å². The first-order valence-electron chi connectivity index (χ1n) is 4.92. The maximum Gasteiger partial charge on any atom is 0.236 e. The number of hydrogen-bond donors (Lipinski definition) is 0. The Morgan fingerprint density at radius 2 is 2.29 bits per heavy atom. The van der Waals surface area contributed by atoms with Crippen molar-refractivity contribution in [2.75, 3.05) is 0 Å². The zero-order valence-electron chi connectivity index (χ0n) is 8.70. The minimum atomic E-state index is 0.703. The molecule has 0 N–H and O–H groups in total. The highest BCUT2D eigenvalue weighted by Crippen LogP contribution is 2.27. The molecule has 3 nitrogen and oxygen atoms in total. The summed E-state index contributed by atoms with van der Waals surface area (Å²) >= 11 is 4.95. The Morgan fingerprint density at radius 3 is 3.06 bits per heavy atom. The van der Waals surface area contributed by atoms with Crippen LogP contribution in [0.5, 0.6) is 0 Å². The van der Waals surface area contributed by atoms with E-state index in [0.29, 0.717) is 5.89 Å². The highest BCUT2D eigenvalue weighted by atomic mass is 32.2. The summed E-state index contributed by atoms with van der Waals surface area (Å²) in [5.74, 6) is 1.50. The molecule has 0 amide bonds. The quantitative estimate of drug-likeness (QED) is 0.673. The minimum Gasteiger partial charge on any atom is -0.444 e. The molecule has 0 fully saturated rings. The van der Waals surface area contributed by atoms with Crippen molar-refractivity contribution in [3.63, 3.8) is 0 Å². The van der Waals surface area contributed by atoms with Crippen LogP contribution in [0.3, 0.4) is 0 Å². The summed E-state index contributed by atoms with van der Waals surface area (Å²) in [6, 6.07) is 4.00. The number of hydrogen-bond acceptors (Lipinski definition) is 6. The molecule has 3 heterocycles. The second-order valence-electron chi connectivity index (χ2n) is 3.21. The van der Waals surface area contributed by atoms with Crippen LogP contribution in [0.4, 0.5) is 0 Å². The van der Waals surface area contributed by atoms with E-state index in [9.17, 15) is 0 Å². The molecule has 0 aromatic carbocycles. The first kappa shape index (κ1) is 11.0. The van der Waals surface area contributed by atoms with Gasteiger partial charge in [0.15, 0.2) is 0 Å². The lowest BCUT2D eigenvalue weighted by Gasteiger charge is -1.91. The molecule has 0 atom stereocenters. The lowest BCUT2D eigenvalue weighted by Crippen LogP contribution is -1.80. The van der Waals surface area contributed by atoms with Crippen LogP contribution in [-0.2, 0) is 5.75 Å². The fraction of sp³-hybridized carbons (Fsp3) is 0.0909. The minimum absolute atomic E-state index is 0.703. The Bertz CT molecular complexity index is 572. The number of thiophene rings is 1. The smallest absolute Gasteiger partial charge is 0.236 e. The summed E-state index contributed by atoms with van der Waals surface area (Å²) in [5.41, 5.74) is 0.952. The molecular formula is C11H8N2OS3. The van der Waals surface area contributed by atoms with Gasteiger partial charge in [0.2, 0.25) is 5.89 Å². The summed E-state index contributed by atoms with van der Waals surface area (Å²) in [5, 5.41) is 3.99. The molecule has 0 aliphatic carbocycles. The van der Waals surface area contributed by atoms with E-state index >= 15 is 0 Å². The largest absolute Gasteiger partial charge is 0.444 e. The Labute approximate surface area is 111 Å². The summed E-state index contributed by atoms with van der Waals surface area (Å²) in [7, 11) is 0. The second kappa shape index (κ2) is 5.03. The standard InChI is InChI=1S/C11H8N2OS3/c1-2-9(15-4-1)10-13-8(6-14-10)7-17-11-12-3-5-16-11/h1-6H,7H2. The van der Waals surface area contributed by atoms with Gasteiger partial charge in [-0.05, 0) is 11.4 Å². The van der Waals surface area contributed by atoms with Gasteiger partial charge in [0.05, 0.1) is 10.6 Å². The molecule has 0 radical (unpaired) electrons. The maximum absolute atomic E-state index is 5.45. The van der Waals surface area contributed by atoms with Gasteiger partial charge < -0.3 is 4.42 Å². The molecule has 0 aliphatic rings. The average Bonchev–Trinajstić information content (AvgIpc) is 3.09. The molecule has 0 saturated carbocycles. The first-order valence-corrected chi connectivity index (χ1v) is 7.67. The Morgan fingerprint density at radius 1 is 1.29 bits per heavy atom. The van der Waals surface area contributed by atoms with E-state index in [0.717, 1.165) is 20.7 Å². The lowest BCUT2D eigenvalue weighted by atomic mass is 10.5. The average molecular weight is 280 g/mol. The fourth-order valence-electron chi connectivity index (χ4n) is 1.30. The zero-order chi connectivity index (χ0) is 11.5. The molecule has 86 valence electrons. The number of nitrogens with zero attached hydrogens (tertiary/aromatic N) is 2. The Kier molecular flexibility index (Phi) is 3.26. The number of rotatable bonds is 4. The molecule has 0 aliphatic heterocycles. The van der Waals surface area contributed by atoms with E-state index in [1.54, 1.807) is 40.7 Å². The summed E-state index contributed by atoms with van der Waals surface area (Å²) in [4.78, 5) is 9.73. The van der Waals surface area contributed by atoms with Gasteiger partial charge in [0.25, 0.3) is 0 Å². The molecule has 0 spiro atoms. The molecule has 3 rings (SSSR count). The molecule has 17 heavy (non-hydrogen) atoms. The summed E-state index contributed by atoms with van der Waals surface area (Å²) < 4.78 is 6.51. The van der Waals surface area contributed by atoms with Crippen LogP contribution in [0.1, 0.15) is 5.69 Å². The van der Waals surface area contributed by atoms with Crippen molar-refractivity contribution >= 4 is 34.4 Å². The van der Waals surface area contributed by atoms with Crippen molar-refractivity contribution in [2.24, 2.45) is 0 Å². The van der Waals surface area contributed by atoms with Crippen LogP contribution in [-0.4, -0.2) is 9.97 Å². The van der Waals surface area contributed by atoms with E-state index in [-0.39, 0.29) is 0 Å². The SMILES string of the molecule is c1csc(-c2nc(CSc3nccs3)co2)c1. The van der Waals surface area contributed by atoms with Crippen LogP contribution in [0, 0.1) is 0 Å². The van der Waals surface area contributed by atoms with E-state index in [2.05, 4.69) is 9.97 Å². The molecule has 3 aromatic rings. The summed E-state index contributed by atoms with van der Waals surface area (Å²) in [6.45, 7) is 0. The van der Waals surface area contributed by atoms with E-state index in [4.69, 9.17) is 4.42 Å². The fourth-order valence-corrected chi connectivity index (χ4v) is 3.47. The third kappa shape index (κ3) is 2.59. The number of oxazole rings is 1. The van der Waals surface area contributed by atoms with E-state index in [1.807, 2.05) is 29.1 Å². The molecule has 6 heteroatoms. The van der Waals surface area contributed by atoms with Crippen molar-refractivity contribution in [3.05, 3.63) is 41.0 Å². The Balaban J connectivity index is 1.69. The van der Waals surface area contributed by atoms with Gasteiger partial charge in [0.1, 0.15) is 10.6 Å². The predicted octanol–water partition coefficient (Wildman–Crippen LogP) is 4.15. The number of thioether (sulfide) groups is 1. The van der Waals surface area contributed by atoms with Gasteiger partial charge in [-0.25, -0.2) is 9.97 Å². The molecule has 3 aromatic heterocycles. The third-order valence-electron chi connectivity index (χ3n) is 2.04. The topological polar surface area (TPSA) is 38.9 Å². The van der Waals surface area contributed by atoms with Crippen molar-refractivity contribution in [2.45, 2.75) is 10.1 Å². The van der Waals surface area contributed by atoms with Crippen LogP contribution in [0.2, 0.25) is 0 Å². The first-order chi connectivity index (χ1) is 8.42. The predicted molar refractivity (Wildman–Crippen MR) is 71.5 cm³/mol. The van der Waals surface area contributed by atoms with Crippen LogP contribution in [0.15, 0.2) is 44.1 Å². The van der Waals surface area contributed by atoms with E-state index < -0.39 is 0 Å².